The van der Waals surface area contributed by atoms with Crippen LogP contribution in [0.15, 0.2) is 10.4 Å². The van der Waals surface area contributed by atoms with Gasteiger partial charge in [0.15, 0.2) is 5.96 Å². The Kier molecular flexibility index (Phi) is 12.0. The smallest absolute Gasteiger partial charge is 0.191 e. The third-order valence-corrected chi connectivity index (χ3v) is 7.34. The summed E-state index contributed by atoms with van der Waals surface area (Å²) in [6.45, 7) is 11.7. The number of aromatic nitrogens is 1. The van der Waals surface area contributed by atoms with E-state index in [4.69, 9.17) is 14.7 Å². The van der Waals surface area contributed by atoms with E-state index in [1.807, 2.05) is 0 Å². The molecule has 1 atom stereocenters. The highest BCUT2D eigenvalue weighted by Gasteiger charge is 2.34. The lowest BCUT2D eigenvalue weighted by molar-refractivity contribution is 0.131. The van der Waals surface area contributed by atoms with Crippen LogP contribution >= 0.6 is 35.3 Å². The molecule has 0 saturated carbocycles. The van der Waals surface area contributed by atoms with Gasteiger partial charge in [-0.05, 0) is 58.0 Å². The standard InChI is InChI=1S/C22H39N5O2S.HI/c1-3-20-26-19(15-30-20)14-27-9-5-18(6-10-27)13-24-21(23-4-2)25-16-22(7-11-28)8-12-29-17-22;/h15,18,28H,3-14,16-17H2,1-2H3,(H2,23,24,25);1H. The summed E-state index contributed by atoms with van der Waals surface area (Å²) in [5, 5.41) is 19.8. The second-order valence-corrected chi connectivity index (χ2v) is 9.60. The van der Waals surface area contributed by atoms with Gasteiger partial charge in [-0.25, -0.2) is 4.98 Å². The molecule has 3 heterocycles. The van der Waals surface area contributed by atoms with Crippen LogP contribution in [0.2, 0.25) is 0 Å². The predicted molar refractivity (Wildman–Crippen MR) is 138 cm³/mol. The van der Waals surface area contributed by atoms with Crippen molar-refractivity contribution in [1.29, 1.82) is 0 Å². The highest BCUT2D eigenvalue weighted by molar-refractivity contribution is 14.0. The van der Waals surface area contributed by atoms with Crippen LogP contribution in [-0.4, -0.2) is 73.5 Å². The Morgan fingerprint density at radius 1 is 1.35 bits per heavy atom. The van der Waals surface area contributed by atoms with Crippen LogP contribution < -0.4 is 10.6 Å². The van der Waals surface area contributed by atoms with Crippen LogP contribution in [0.25, 0.3) is 0 Å². The first kappa shape index (κ1) is 26.8. The van der Waals surface area contributed by atoms with Crippen molar-refractivity contribution in [2.24, 2.45) is 16.3 Å². The van der Waals surface area contributed by atoms with Gasteiger partial charge in [0.1, 0.15) is 0 Å². The Labute approximate surface area is 208 Å². The fourth-order valence-corrected chi connectivity index (χ4v) is 5.01. The van der Waals surface area contributed by atoms with Gasteiger partial charge in [0.05, 0.1) is 23.9 Å². The van der Waals surface area contributed by atoms with E-state index in [1.165, 1.54) is 23.5 Å². The topological polar surface area (TPSA) is 82.0 Å². The molecule has 3 rings (SSSR count). The molecule has 0 aromatic carbocycles. The number of nitrogens with zero attached hydrogens (tertiary/aromatic N) is 3. The number of likely N-dealkylation sites (tertiary alicyclic amines) is 1. The van der Waals surface area contributed by atoms with E-state index >= 15 is 0 Å². The lowest BCUT2D eigenvalue weighted by Crippen LogP contribution is -2.43. The minimum absolute atomic E-state index is 0. The summed E-state index contributed by atoms with van der Waals surface area (Å²) in [7, 11) is 0. The number of aliphatic imine (C=N–C) groups is 1. The van der Waals surface area contributed by atoms with Gasteiger partial charge >= 0.3 is 0 Å². The Bertz CT molecular complexity index is 658. The van der Waals surface area contributed by atoms with Crippen molar-refractivity contribution >= 4 is 41.3 Å². The Morgan fingerprint density at radius 2 is 2.16 bits per heavy atom. The SMILES string of the molecule is CCNC(=NCC1(CCO)CCOC1)NCC1CCN(Cc2csc(CC)n2)CC1.I. The molecule has 2 fully saturated rings. The average molecular weight is 566 g/mol. The number of hydrogen-bond donors (Lipinski definition) is 3. The zero-order chi connectivity index (χ0) is 21.2. The van der Waals surface area contributed by atoms with Gasteiger partial charge in [-0.2, -0.15) is 0 Å². The van der Waals surface area contributed by atoms with Crippen LogP contribution in [0.1, 0.15) is 50.2 Å². The van der Waals surface area contributed by atoms with Crippen molar-refractivity contribution in [3.63, 3.8) is 0 Å². The summed E-state index contributed by atoms with van der Waals surface area (Å²) in [6, 6.07) is 0. The molecule has 0 spiro atoms. The molecule has 0 aliphatic carbocycles. The molecule has 0 bridgehead atoms. The number of halogens is 1. The molecule has 178 valence electrons. The number of aliphatic hydroxyl groups excluding tert-OH is 1. The van der Waals surface area contributed by atoms with E-state index in [0.717, 1.165) is 64.6 Å². The maximum absolute atomic E-state index is 9.42. The van der Waals surface area contributed by atoms with E-state index in [2.05, 4.69) is 34.8 Å². The molecule has 1 aromatic heterocycles. The van der Waals surface area contributed by atoms with Crippen LogP contribution in [0.3, 0.4) is 0 Å². The molecule has 1 unspecified atom stereocenters. The highest BCUT2D eigenvalue weighted by Crippen LogP contribution is 2.32. The molecule has 7 nitrogen and oxygen atoms in total. The van der Waals surface area contributed by atoms with Crippen LogP contribution in [0, 0.1) is 11.3 Å². The van der Waals surface area contributed by atoms with Crippen molar-refractivity contribution in [2.75, 3.05) is 52.5 Å². The average Bonchev–Trinajstić information content (AvgIpc) is 3.41. The number of rotatable bonds is 10. The summed E-state index contributed by atoms with van der Waals surface area (Å²) < 4.78 is 5.59. The van der Waals surface area contributed by atoms with Crippen molar-refractivity contribution in [1.82, 2.24) is 20.5 Å². The molecule has 0 amide bonds. The van der Waals surface area contributed by atoms with Gasteiger partial charge in [-0.15, -0.1) is 35.3 Å². The van der Waals surface area contributed by atoms with Gasteiger partial charge in [0, 0.05) is 43.6 Å². The zero-order valence-electron chi connectivity index (χ0n) is 19.1. The maximum Gasteiger partial charge on any atom is 0.191 e. The Hall–Kier alpha value is -0.490. The van der Waals surface area contributed by atoms with E-state index in [9.17, 15) is 5.11 Å². The maximum atomic E-state index is 9.42. The molecule has 9 heteroatoms. The third-order valence-electron chi connectivity index (χ3n) is 6.30. The Balaban J connectivity index is 0.00000341. The zero-order valence-corrected chi connectivity index (χ0v) is 22.2. The second-order valence-electron chi connectivity index (χ2n) is 8.66. The van der Waals surface area contributed by atoms with Crippen molar-refractivity contribution in [3.05, 3.63) is 16.1 Å². The van der Waals surface area contributed by atoms with Gasteiger partial charge in [-0.3, -0.25) is 9.89 Å². The summed E-state index contributed by atoms with van der Waals surface area (Å²) in [5.74, 6) is 1.56. The first-order chi connectivity index (χ1) is 14.7. The molecule has 1 aromatic rings. The van der Waals surface area contributed by atoms with Gasteiger partial charge in [0.2, 0.25) is 0 Å². The quantitative estimate of drug-likeness (QED) is 0.230. The van der Waals surface area contributed by atoms with Gasteiger partial charge < -0.3 is 20.5 Å². The number of piperidine rings is 1. The highest BCUT2D eigenvalue weighted by atomic mass is 127. The van der Waals surface area contributed by atoms with Crippen LogP contribution in [0.5, 0.6) is 0 Å². The summed E-state index contributed by atoms with van der Waals surface area (Å²) >= 11 is 1.78. The van der Waals surface area contributed by atoms with Gasteiger partial charge in [0.25, 0.3) is 0 Å². The molecule has 2 aliphatic heterocycles. The normalized spacial score (nSPS) is 23.0. The third kappa shape index (κ3) is 8.42. The molecule has 3 N–H and O–H groups in total. The summed E-state index contributed by atoms with van der Waals surface area (Å²) in [6.07, 6.45) is 5.18. The molecule has 31 heavy (non-hydrogen) atoms. The number of ether oxygens (including phenoxy) is 1. The number of thiazole rings is 1. The molecule has 2 saturated heterocycles. The summed E-state index contributed by atoms with van der Waals surface area (Å²) in [5.41, 5.74) is 1.22. The molecular weight excluding hydrogens is 525 g/mol. The van der Waals surface area contributed by atoms with E-state index in [1.54, 1.807) is 11.3 Å². The minimum atomic E-state index is -0.00419. The largest absolute Gasteiger partial charge is 0.396 e. The van der Waals surface area contributed by atoms with Crippen LogP contribution in [0.4, 0.5) is 0 Å². The first-order valence-corrected chi connectivity index (χ1v) is 12.4. The number of hydrogen-bond acceptors (Lipinski definition) is 6. The predicted octanol–water partition coefficient (Wildman–Crippen LogP) is 2.88. The van der Waals surface area contributed by atoms with Crippen molar-refractivity contribution < 1.29 is 9.84 Å². The molecule has 0 radical (unpaired) electrons. The Morgan fingerprint density at radius 3 is 2.77 bits per heavy atom. The minimum Gasteiger partial charge on any atom is -0.396 e. The number of aliphatic hydroxyl groups is 1. The number of guanidine groups is 1. The van der Waals surface area contributed by atoms with E-state index < -0.39 is 0 Å². The first-order valence-electron chi connectivity index (χ1n) is 11.5. The molecular formula is C22H40IN5O2S. The monoisotopic (exact) mass is 565 g/mol. The van der Waals surface area contributed by atoms with Crippen molar-refractivity contribution in [3.8, 4) is 0 Å². The van der Waals surface area contributed by atoms with E-state index in [-0.39, 0.29) is 36.0 Å². The van der Waals surface area contributed by atoms with Crippen molar-refractivity contribution in [2.45, 2.75) is 52.5 Å². The fraction of sp³-hybridized carbons (Fsp3) is 0.818. The lowest BCUT2D eigenvalue weighted by Gasteiger charge is -2.32. The van der Waals surface area contributed by atoms with Crippen LogP contribution in [-0.2, 0) is 17.7 Å². The lowest BCUT2D eigenvalue weighted by atomic mass is 9.84. The number of aryl methyl sites for hydroxylation is 1. The second kappa shape index (κ2) is 13.9. The van der Waals surface area contributed by atoms with E-state index in [0.29, 0.717) is 19.1 Å². The number of nitrogens with one attached hydrogen (secondary N) is 2. The van der Waals surface area contributed by atoms with Gasteiger partial charge in [-0.1, -0.05) is 6.92 Å². The molecule has 2 aliphatic rings. The fourth-order valence-electron chi connectivity index (χ4n) is 4.28. The summed E-state index contributed by atoms with van der Waals surface area (Å²) in [4.78, 5) is 12.1.